The van der Waals surface area contributed by atoms with E-state index in [0.29, 0.717) is 16.7 Å². The minimum atomic E-state index is -1.54. The smallest absolute Gasteiger partial charge is 0.305 e. The minimum Gasteiger partial charge on any atom is -0.508 e. The van der Waals surface area contributed by atoms with E-state index in [0.717, 1.165) is 11.1 Å². The summed E-state index contributed by atoms with van der Waals surface area (Å²) >= 11 is 0. The molecule has 0 saturated carbocycles. The van der Waals surface area contributed by atoms with E-state index in [1.54, 1.807) is 52.0 Å². The van der Waals surface area contributed by atoms with Crippen molar-refractivity contribution in [2.75, 3.05) is 0 Å². The molecule has 0 fully saturated rings. The van der Waals surface area contributed by atoms with Crippen LogP contribution < -0.4 is 21.3 Å². The zero-order valence-corrected chi connectivity index (χ0v) is 26.5. The highest BCUT2D eigenvalue weighted by atomic mass is 16.4. The molecular weight excluding hydrogens is 598 g/mol. The van der Waals surface area contributed by atoms with Crippen LogP contribution in [0.2, 0.25) is 0 Å². The summed E-state index contributed by atoms with van der Waals surface area (Å²) in [6, 6.07) is 4.72. The van der Waals surface area contributed by atoms with Gasteiger partial charge in [-0.25, -0.2) is 4.98 Å². The van der Waals surface area contributed by atoms with Crippen LogP contribution in [0.3, 0.4) is 0 Å². The fraction of sp³-hybridized carbons (Fsp3) is 0.406. The highest BCUT2D eigenvalue weighted by Gasteiger charge is 2.33. The molecule has 0 aliphatic rings. The second-order valence-corrected chi connectivity index (χ2v) is 11.5. The number of Topliss-reactive ketones (excluding diaryl/α,β-unsaturated/α-hetero) is 1. The van der Waals surface area contributed by atoms with Gasteiger partial charge in [0.05, 0.1) is 6.42 Å². The molecule has 4 atom stereocenters. The Balaban J connectivity index is 1.71. The Hall–Kier alpha value is -5.27. The summed E-state index contributed by atoms with van der Waals surface area (Å²) in [6.45, 7) is 9.49. The van der Waals surface area contributed by atoms with Crippen LogP contribution in [0.4, 0.5) is 0 Å². The van der Waals surface area contributed by atoms with Gasteiger partial charge < -0.3 is 35.9 Å². The lowest BCUT2D eigenvalue weighted by molar-refractivity contribution is -0.138. The Morgan fingerprint density at radius 1 is 0.804 bits per heavy atom. The second-order valence-electron chi connectivity index (χ2n) is 11.5. The van der Waals surface area contributed by atoms with Crippen LogP contribution >= 0.6 is 0 Å². The summed E-state index contributed by atoms with van der Waals surface area (Å²) in [5.74, 6) is -5.67. The van der Waals surface area contributed by atoms with Crippen LogP contribution in [0.15, 0.2) is 40.8 Å². The number of carboxylic acids is 1. The van der Waals surface area contributed by atoms with Crippen molar-refractivity contribution in [1.82, 2.24) is 26.3 Å². The summed E-state index contributed by atoms with van der Waals surface area (Å²) in [5.41, 5.74) is 2.92. The molecule has 14 nitrogen and oxygen atoms in total. The molecule has 6 N–H and O–H groups in total. The van der Waals surface area contributed by atoms with E-state index >= 15 is 0 Å². The highest BCUT2D eigenvalue weighted by Crippen LogP contribution is 2.24. The van der Waals surface area contributed by atoms with Crippen LogP contribution in [0, 0.1) is 19.8 Å². The zero-order valence-electron chi connectivity index (χ0n) is 26.5. The van der Waals surface area contributed by atoms with Crippen molar-refractivity contribution in [3.63, 3.8) is 0 Å². The van der Waals surface area contributed by atoms with Gasteiger partial charge in [0.25, 0.3) is 5.89 Å². The minimum absolute atomic E-state index is 0.0361. The van der Waals surface area contributed by atoms with E-state index in [2.05, 4.69) is 26.3 Å². The van der Waals surface area contributed by atoms with Gasteiger partial charge in [0.2, 0.25) is 29.4 Å². The lowest BCUT2D eigenvalue weighted by Crippen LogP contribution is -2.58. The summed E-state index contributed by atoms with van der Waals surface area (Å²) in [5, 5.41) is 29.0. The van der Waals surface area contributed by atoms with Crippen LogP contribution in [-0.2, 0) is 30.4 Å². The average Bonchev–Trinajstić information content (AvgIpc) is 3.44. The number of rotatable bonds is 14. The number of nitrogens with one attached hydrogen (secondary N) is 4. The fourth-order valence-electron chi connectivity index (χ4n) is 4.67. The number of carbonyl (C=O) groups excluding carboxylic acids is 5. The number of benzene rings is 2. The SMILES string of the molecule is CC(=O)NC(Cc1ccc(O)cc1)C(=O)NC(C(=O)NC(C)C(=O)NC(CC(=O)O)C(=O)c1nc2c(C)ccc(C)c2o1)C(C)C. The van der Waals surface area contributed by atoms with Crippen LogP contribution in [0.5, 0.6) is 5.75 Å². The molecule has 0 bridgehead atoms. The number of aromatic hydroxyl groups is 1. The van der Waals surface area contributed by atoms with E-state index in [4.69, 9.17) is 4.42 Å². The normalized spacial score (nSPS) is 13.7. The molecule has 246 valence electrons. The van der Waals surface area contributed by atoms with E-state index in [9.17, 15) is 39.0 Å². The van der Waals surface area contributed by atoms with Gasteiger partial charge in [0.1, 0.15) is 35.4 Å². The molecular formula is C32H39N5O9. The molecule has 3 rings (SSSR count). The van der Waals surface area contributed by atoms with Gasteiger partial charge in [0.15, 0.2) is 5.58 Å². The van der Waals surface area contributed by atoms with Crippen LogP contribution in [-0.4, -0.2) is 74.7 Å². The topological polar surface area (TPSA) is 217 Å². The van der Waals surface area contributed by atoms with Gasteiger partial charge in [-0.05, 0) is 55.5 Å². The molecule has 46 heavy (non-hydrogen) atoms. The Morgan fingerprint density at radius 3 is 2.00 bits per heavy atom. The van der Waals surface area contributed by atoms with Crippen molar-refractivity contribution < 1.29 is 43.4 Å². The third-order valence-electron chi connectivity index (χ3n) is 7.23. The van der Waals surface area contributed by atoms with Gasteiger partial charge in [-0.2, -0.15) is 0 Å². The number of aliphatic carboxylic acids is 1. The van der Waals surface area contributed by atoms with E-state index in [-0.39, 0.29) is 18.1 Å². The van der Waals surface area contributed by atoms with Crippen molar-refractivity contribution in [2.24, 2.45) is 5.92 Å². The molecule has 0 saturated heterocycles. The number of fused-ring (bicyclic) bond motifs is 1. The molecule has 0 spiro atoms. The second kappa shape index (κ2) is 15.1. The van der Waals surface area contributed by atoms with Gasteiger partial charge in [-0.15, -0.1) is 0 Å². The van der Waals surface area contributed by atoms with Crippen LogP contribution in [0.1, 0.15) is 61.5 Å². The number of amides is 4. The van der Waals surface area contributed by atoms with Gasteiger partial charge in [-0.1, -0.05) is 38.1 Å². The fourth-order valence-corrected chi connectivity index (χ4v) is 4.67. The first-order chi connectivity index (χ1) is 21.6. The number of ketones is 1. The third kappa shape index (κ3) is 9.13. The van der Waals surface area contributed by atoms with Crippen LogP contribution in [0.25, 0.3) is 11.1 Å². The maximum atomic E-state index is 13.3. The summed E-state index contributed by atoms with van der Waals surface area (Å²) in [6.07, 6.45) is -0.687. The largest absolute Gasteiger partial charge is 0.508 e. The Labute approximate surface area is 265 Å². The number of hydrogen-bond acceptors (Lipinski definition) is 9. The molecule has 14 heteroatoms. The lowest BCUT2D eigenvalue weighted by Gasteiger charge is -2.26. The molecule has 1 heterocycles. The lowest BCUT2D eigenvalue weighted by atomic mass is 10.0. The number of aryl methyl sites for hydroxylation is 2. The maximum Gasteiger partial charge on any atom is 0.305 e. The van der Waals surface area contributed by atoms with E-state index < -0.39 is 71.9 Å². The number of aromatic nitrogens is 1. The zero-order chi connectivity index (χ0) is 34.3. The van der Waals surface area contributed by atoms with Crippen molar-refractivity contribution in [3.8, 4) is 5.75 Å². The first-order valence-corrected chi connectivity index (χ1v) is 14.7. The van der Waals surface area contributed by atoms with E-state index in [1.807, 2.05) is 0 Å². The quantitative estimate of drug-likeness (QED) is 0.141. The summed E-state index contributed by atoms with van der Waals surface area (Å²) in [4.78, 5) is 80.4. The monoisotopic (exact) mass is 637 g/mol. The number of nitrogens with zero attached hydrogens (tertiary/aromatic N) is 1. The van der Waals surface area contributed by atoms with Crippen molar-refractivity contribution >= 4 is 46.5 Å². The molecule has 4 amide bonds. The first-order valence-electron chi connectivity index (χ1n) is 14.7. The Kier molecular flexibility index (Phi) is 11.6. The number of oxazole rings is 1. The Morgan fingerprint density at radius 2 is 1.43 bits per heavy atom. The number of carbonyl (C=O) groups is 6. The van der Waals surface area contributed by atoms with Crippen molar-refractivity contribution in [2.45, 2.75) is 78.6 Å². The molecule has 1 aromatic heterocycles. The first kappa shape index (κ1) is 35.2. The van der Waals surface area contributed by atoms with Gasteiger partial charge in [-0.3, -0.25) is 28.8 Å². The number of carboxylic acid groups (broad SMARTS) is 1. The number of hydrogen-bond donors (Lipinski definition) is 6. The molecule has 0 aliphatic carbocycles. The van der Waals surface area contributed by atoms with Gasteiger partial charge in [0, 0.05) is 13.3 Å². The standard InChI is InChI=1S/C32H39N5O9/c1-15(2)25(36-30(44)23(34-19(6)38)13-20-9-11-21(39)12-10-20)31(45)33-18(5)29(43)35-22(14-24(40)41)27(42)32-37-26-16(3)7-8-17(4)28(26)46-32/h7-12,15,18,22-23,25,39H,13-14H2,1-6H3,(H,33,45)(H,34,38)(H,35,43)(H,36,44)(H,40,41). The van der Waals surface area contributed by atoms with E-state index in [1.165, 1.54) is 26.0 Å². The van der Waals surface area contributed by atoms with Gasteiger partial charge >= 0.3 is 5.97 Å². The summed E-state index contributed by atoms with van der Waals surface area (Å²) < 4.78 is 5.64. The van der Waals surface area contributed by atoms with Crippen molar-refractivity contribution in [3.05, 3.63) is 59.0 Å². The maximum absolute atomic E-state index is 13.3. The average molecular weight is 638 g/mol. The van der Waals surface area contributed by atoms with Crippen molar-refractivity contribution in [1.29, 1.82) is 0 Å². The molecule has 2 aromatic carbocycles. The molecule has 0 radical (unpaired) electrons. The molecule has 0 aliphatic heterocycles. The summed E-state index contributed by atoms with van der Waals surface area (Å²) in [7, 11) is 0. The Bertz CT molecular complexity index is 1590. The number of phenolic OH excluding ortho intramolecular Hbond substituents is 1. The number of phenols is 1. The highest BCUT2D eigenvalue weighted by molar-refractivity contribution is 6.03. The predicted octanol–water partition coefficient (Wildman–Crippen LogP) is 1.69. The third-order valence-corrected chi connectivity index (χ3v) is 7.23. The predicted molar refractivity (Wildman–Crippen MR) is 166 cm³/mol. The molecule has 4 unspecified atom stereocenters. The molecule has 3 aromatic rings.